The van der Waals surface area contributed by atoms with Gasteiger partial charge in [-0.05, 0) is 0 Å². The predicted molar refractivity (Wildman–Crippen MR) is 113 cm³/mol. The van der Waals surface area contributed by atoms with Gasteiger partial charge in [-0.15, -0.1) is 13.2 Å². The van der Waals surface area contributed by atoms with E-state index in [1.54, 1.807) is 0 Å². The normalized spacial score (nSPS) is 17.8. The van der Waals surface area contributed by atoms with Crippen LogP contribution in [0.15, 0.2) is 86.0 Å². The first-order valence-electron chi connectivity index (χ1n) is 9.88. The molecule has 0 heterocycles. The lowest BCUT2D eigenvalue weighted by atomic mass is 10.0. The van der Waals surface area contributed by atoms with E-state index in [0.29, 0.717) is 0 Å². The molecule has 0 aliphatic rings. The molecule has 186 valence electrons. The minimum Gasteiger partial charge on any atom is -0.342 e. The van der Waals surface area contributed by atoms with Gasteiger partial charge in [0.2, 0.25) is 0 Å². The molecule has 0 aliphatic carbocycles. The maximum Gasteiger partial charge on any atom is 0.448 e. The third-order valence-electron chi connectivity index (χ3n) is 5.02. The number of methoxy groups -OCH3 is 2. The molecule has 0 saturated heterocycles. The van der Waals surface area contributed by atoms with E-state index in [2.05, 4.69) is 13.2 Å². The first kappa shape index (κ1) is 27.6. The summed E-state index contributed by atoms with van der Waals surface area (Å²) in [6.07, 6.45) is -12.1. The van der Waals surface area contributed by atoms with Gasteiger partial charge in [-0.2, -0.15) is 26.3 Å². The molecule has 2 aromatic rings. The summed E-state index contributed by atoms with van der Waals surface area (Å²) >= 11 is 0. The Labute approximate surface area is 193 Å². The molecule has 4 atom stereocenters. The van der Waals surface area contributed by atoms with Gasteiger partial charge in [0.05, 0.1) is 0 Å². The minimum absolute atomic E-state index is 0.434. The van der Waals surface area contributed by atoms with Crippen LogP contribution in [-0.2, 0) is 30.5 Å². The van der Waals surface area contributed by atoms with Crippen LogP contribution in [0.3, 0.4) is 0 Å². The minimum atomic E-state index is -5.13. The van der Waals surface area contributed by atoms with E-state index in [1.165, 1.54) is 36.4 Å². The SMILES string of the molecule is C=C[C@H](OC(OC)(c1ccccc1)C(F)(F)F)[C@@H](C=C)OC(OC)(c1ccccc1)C(F)(F)F. The number of hydrogen-bond acceptors (Lipinski definition) is 4. The molecule has 10 heteroatoms. The van der Waals surface area contributed by atoms with Crippen molar-refractivity contribution >= 4 is 0 Å². The smallest absolute Gasteiger partial charge is 0.342 e. The molecule has 34 heavy (non-hydrogen) atoms. The van der Waals surface area contributed by atoms with Crippen molar-refractivity contribution in [1.29, 1.82) is 0 Å². The number of halogens is 6. The Morgan fingerprint density at radius 2 is 0.912 bits per heavy atom. The third kappa shape index (κ3) is 5.20. The second-order valence-electron chi connectivity index (χ2n) is 7.01. The molecule has 0 fully saturated rings. The summed E-state index contributed by atoms with van der Waals surface area (Å²) in [6.45, 7) is 6.83. The lowest BCUT2D eigenvalue weighted by molar-refractivity contribution is -0.417. The molecular formula is C24H24F6O4. The van der Waals surface area contributed by atoms with E-state index in [0.717, 1.165) is 50.6 Å². The number of ether oxygens (including phenoxy) is 4. The Morgan fingerprint density at radius 1 is 0.618 bits per heavy atom. The molecule has 2 unspecified atom stereocenters. The summed E-state index contributed by atoms with van der Waals surface area (Å²) in [7, 11) is 1.53. The van der Waals surface area contributed by atoms with Gasteiger partial charge in [-0.25, -0.2) is 0 Å². The second-order valence-corrected chi connectivity index (χ2v) is 7.01. The van der Waals surface area contributed by atoms with E-state index >= 15 is 0 Å². The average molecular weight is 490 g/mol. The fourth-order valence-corrected chi connectivity index (χ4v) is 3.36. The van der Waals surface area contributed by atoms with Gasteiger partial charge >= 0.3 is 12.4 Å². The van der Waals surface area contributed by atoms with Crippen molar-refractivity contribution in [2.75, 3.05) is 14.2 Å². The largest absolute Gasteiger partial charge is 0.448 e. The molecule has 0 aliphatic heterocycles. The highest BCUT2D eigenvalue weighted by atomic mass is 19.4. The quantitative estimate of drug-likeness (QED) is 0.212. The lowest BCUT2D eigenvalue weighted by Crippen LogP contribution is -2.53. The lowest BCUT2D eigenvalue weighted by Gasteiger charge is -2.41. The van der Waals surface area contributed by atoms with E-state index in [9.17, 15) is 26.3 Å². The molecular weight excluding hydrogens is 466 g/mol. The summed E-state index contributed by atoms with van der Waals surface area (Å²) in [6, 6.07) is 12.7. The topological polar surface area (TPSA) is 36.9 Å². The van der Waals surface area contributed by atoms with Crippen LogP contribution in [0.2, 0.25) is 0 Å². The maximum absolute atomic E-state index is 14.2. The zero-order valence-corrected chi connectivity index (χ0v) is 18.4. The van der Waals surface area contributed by atoms with Crippen molar-refractivity contribution in [3.8, 4) is 0 Å². The van der Waals surface area contributed by atoms with Crippen molar-refractivity contribution in [2.45, 2.75) is 36.1 Å². The molecule has 0 bridgehead atoms. The molecule has 0 spiro atoms. The average Bonchev–Trinajstić information content (AvgIpc) is 2.81. The summed E-state index contributed by atoms with van der Waals surface area (Å²) in [5.41, 5.74) is -0.868. The number of benzene rings is 2. The van der Waals surface area contributed by atoms with E-state index < -0.39 is 47.3 Å². The zero-order valence-electron chi connectivity index (χ0n) is 18.4. The molecule has 0 aromatic heterocycles. The first-order chi connectivity index (χ1) is 15.9. The summed E-state index contributed by atoms with van der Waals surface area (Å²) in [4.78, 5) is 0. The standard InChI is InChI=1S/C24H24F6O4/c1-5-19(33-21(31-3,23(25,26)27)17-13-9-7-10-14-17)20(6-2)34-22(32-4,24(28,29)30)18-15-11-8-12-16-18/h5-16,19-20H,1-2H2,3-4H3/t19-,20+,21?,22?. The van der Waals surface area contributed by atoms with Crippen molar-refractivity contribution in [1.82, 2.24) is 0 Å². The Bertz CT molecular complexity index is 854. The fraction of sp³-hybridized carbons (Fsp3) is 0.333. The van der Waals surface area contributed by atoms with Gasteiger partial charge in [0.1, 0.15) is 12.2 Å². The Morgan fingerprint density at radius 3 is 1.12 bits per heavy atom. The van der Waals surface area contributed by atoms with E-state index in [4.69, 9.17) is 18.9 Å². The Balaban J connectivity index is 2.56. The summed E-state index contributed by atoms with van der Waals surface area (Å²) < 4.78 is 106. The molecule has 0 amide bonds. The zero-order chi connectivity index (χ0) is 25.6. The second kappa shape index (κ2) is 10.7. The Kier molecular flexibility index (Phi) is 8.70. The van der Waals surface area contributed by atoms with Gasteiger partial charge in [-0.3, -0.25) is 0 Å². The van der Waals surface area contributed by atoms with Crippen LogP contribution in [0.1, 0.15) is 11.1 Å². The number of alkyl halides is 6. The highest BCUT2D eigenvalue weighted by Crippen LogP contribution is 2.47. The Hall–Kier alpha value is -2.66. The van der Waals surface area contributed by atoms with Gasteiger partial charge in [-0.1, -0.05) is 72.8 Å². The fourth-order valence-electron chi connectivity index (χ4n) is 3.36. The van der Waals surface area contributed by atoms with Gasteiger partial charge in [0.25, 0.3) is 11.6 Å². The summed E-state index contributed by atoms with van der Waals surface area (Å²) in [5.74, 6) is -6.67. The monoisotopic (exact) mass is 490 g/mol. The van der Waals surface area contributed by atoms with Crippen LogP contribution in [0.25, 0.3) is 0 Å². The molecule has 0 N–H and O–H groups in total. The third-order valence-corrected chi connectivity index (χ3v) is 5.02. The number of hydrogen-bond donors (Lipinski definition) is 0. The molecule has 4 nitrogen and oxygen atoms in total. The van der Waals surface area contributed by atoms with Gasteiger partial charge in [0.15, 0.2) is 0 Å². The van der Waals surface area contributed by atoms with Gasteiger partial charge in [0, 0.05) is 25.3 Å². The molecule has 0 saturated carbocycles. The van der Waals surface area contributed by atoms with Crippen LogP contribution >= 0.6 is 0 Å². The van der Waals surface area contributed by atoms with Crippen molar-refractivity contribution in [2.24, 2.45) is 0 Å². The van der Waals surface area contributed by atoms with E-state index in [-0.39, 0.29) is 0 Å². The number of rotatable bonds is 11. The van der Waals surface area contributed by atoms with Crippen LogP contribution in [-0.4, -0.2) is 38.8 Å². The summed E-state index contributed by atoms with van der Waals surface area (Å²) in [5, 5.41) is 0. The van der Waals surface area contributed by atoms with Crippen LogP contribution in [0.5, 0.6) is 0 Å². The first-order valence-corrected chi connectivity index (χ1v) is 9.88. The van der Waals surface area contributed by atoms with Crippen molar-refractivity contribution in [3.63, 3.8) is 0 Å². The molecule has 2 rings (SSSR count). The van der Waals surface area contributed by atoms with Gasteiger partial charge < -0.3 is 18.9 Å². The van der Waals surface area contributed by atoms with Crippen LogP contribution in [0.4, 0.5) is 26.3 Å². The van der Waals surface area contributed by atoms with E-state index in [1.807, 2.05) is 0 Å². The van der Waals surface area contributed by atoms with Crippen molar-refractivity contribution in [3.05, 3.63) is 97.1 Å². The van der Waals surface area contributed by atoms with Crippen LogP contribution in [0, 0.1) is 0 Å². The highest BCUT2D eigenvalue weighted by Gasteiger charge is 2.62. The highest BCUT2D eigenvalue weighted by molar-refractivity contribution is 5.24. The molecule has 2 aromatic carbocycles. The molecule has 0 radical (unpaired) electrons. The van der Waals surface area contributed by atoms with Crippen molar-refractivity contribution < 1.29 is 45.3 Å². The predicted octanol–water partition coefficient (Wildman–Crippen LogP) is 6.25. The maximum atomic E-state index is 14.2. The van der Waals surface area contributed by atoms with Crippen LogP contribution < -0.4 is 0 Å².